The van der Waals surface area contributed by atoms with Gasteiger partial charge < -0.3 is 5.32 Å². The van der Waals surface area contributed by atoms with E-state index >= 15 is 0 Å². The van der Waals surface area contributed by atoms with Crippen LogP contribution < -0.4 is 5.32 Å². The molecule has 1 amide bonds. The highest BCUT2D eigenvalue weighted by Gasteiger charge is 2.40. The molecule has 0 spiro atoms. The van der Waals surface area contributed by atoms with Crippen LogP contribution >= 0.6 is 46.6 Å². The Balaban J connectivity index is 2.32. The fraction of sp³-hybridized carbons (Fsp3) is 0.400. The van der Waals surface area contributed by atoms with E-state index in [1.807, 2.05) is 0 Å². The first-order valence-corrected chi connectivity index (χ1v) is 13.7. The van der Waals surface area contributed by atoms with Gasteiger partial charge in [0.2, 0.25) is 0 Å². The highest BCUT2D eigenvalue weighted by Crippen LogP contribution is 2.41. The first-order chi connectivity index (χ1) is 18.3. The van der Waals surface area contributed by atoms with Gasteiger partial charge in [0.25, 0.3) is 5.91 Å². The second kappa shape index (κ2) is 13.9. The quantitative estimate of drug-likeness (QED) is 0.156. The highest BCUT2D eigenvalue weighted by molar-refractivity contribution is 7.99. The average Bonchev–Trinajstić information content (AvgIpc) is 2.82. The zero-order valence-corrected chi connectivity index (χ0v) is 23.5. The number of allylic oxidation sites excluding steroid dienone is 1. The highest BCUT2D eigenvalue weighted by atomic mass is 35.5. The molecule has 2 aromatic rings. The van der Waals surface area contributed by atoms with Crippen LogP contribution in [0.25, 0.3) is 6.08 Å². The average molecular weight is 661 g/mol. The molecule has 15 heteroatoms. The molecule has 0 aliphatic rings. The minimum Gasteiger partial charge on any atom is -0.348 e. The number of hydrogen-bond acceptors (Lipinski definition) is 2. The lowest BCUT2D eigenvalue weighted by Crippen LogP contribution is -2.37. The third-order valence-corrected chi connectivity index (χ3v) is 7.80. The monoisotopic (exact) mass is 659 g/mol. The van der Waals surface area contributed by atoms with Crippen LogP contribution in [0, 0.1) is 0 Å². The lowest BCUT2D eigenvalue weighted by molar-refractivity contribution is -0.139. The van der Waals surface area contributed by atoms with Gasteiger partial charge in [-0.25, -0.2) is 0 Å². The summed E-state index contributed by atoms with van der Waals surface area (Å²) in [6, 6.07) is 3.56. The van der Waals surface area contributed by atoms with Crippen LogP contribution in [0.2, 0.25) is 15.1 Å². The number of benzene rings is 2. The molecule has 0 heterocycles. The van der Waals surface area contributed by atoms with E-state index < -0.39 is 59.5 Å². The summed E-state index contributed by atoms with van der Waals surface area (Å²) >= 11 is 18.3. The minimum atomic E-state index is -5.04. The Labute approximate surface area is 243 Å². The van der Waals surface area contributed by atoms with Crippen molar-refractivity contribution in [2.75, 3.05) is 11.5 Å². The van der Waals surface area contributed by atoms with Gasteiger partial charge in [-0.05, 0) is 41.8 Å². The van der Waals surface area contributed by atoms with Crippen LogP contribution in [-0.2, 0) is 6.18 Å². The number of carbonyl (C=O) groups is 1. The van der Waals surface area contributed by atoms with E-state index in [2.05, 4.69) is 5.32 Å². The molecule has 2 unspecified atom stereocenters. The van der Waals surface area contributed by atoms with Crippen molar-refractivity contribution in [2.45, 2.75) is 50.3 Å². The molecule has 0 aliphatic carbocycles. The number of alkyl halides is 9. The molecule has 0 saturated carbocycles. The molecule has 2 aromatic carbocycles. The van der Waals surface area contributed by atoms with Gasteiger partial charge in [0.1, 0.15) is 0 Å². The summed E-state index contributed by atoms with van der Waals surface area (Å²) in [5.41, 5.74) is -2.85. The molecule has 0 aliphatic heterocycles. The van der Waals surface area contributed by atoms with Crippen molar-refractivity contribution >= 4 is 58.5 Å². The first kappa shape index (κ1) is 34.4. The van der Waals surface area contributed by atoms with E-state index in [-0.39, 0.29) is 38.6 Å². The minimum absolute atomic E-state index is 0.0397. The summed E-state index contributed by atoms with van der Waals surface area (Å²) in [7, 11) is 0. The van der Waals surface area contributed by atoms with Crippen molar-refractivity contribution in [1.29, 1.82) is 0 Å². The van der Waals surface area contributed by atoms with Gasteiger partial charge in [-0.3, -0.25) is 4.79 Å². The molecule has 2 atom stereocenters. The largest absolute Gasteiger partial charge is 0.417 e. The Bertz CT molecular complexity index is 1190. The number of carbonyl (C=O) groups excluding carboxylic acids is 1. The molecule has 0 bridgehead atoms. The van der Waals surface area contributed by atoms with Crippen molar-refractivity contribution < 1.29 is 44.3 Å². The standard InChI is InChI=1S/C25H21Cl3F9NOS/c1-2-15(12-40-8-7-23(29,30)31)38-22(39)16-5-3-13(9-18(16)25(35,36)37)4-6-17(24(32,33)34)14-10-19(26)21(28)20(27)11-14/h3-6,9-11,15,17H,2,7-8,12H2,1H3,(H,38,39)/b6-4+. The Morgan fingerprint density at radius 1 is 0.975 bits per heavy atom. The molecule has 1 N–H and O–H groups in total. The van der Waals surface area contributed by atoms with E-state index in [0.717, 1.165) is 42.1 Å². The van der Waals surface area contributed by atoms with Gasteiger partial charge in [-0.15, -0.1) is 0 Å². The van der Waals surface area contributed by atoms with Crippen LogP contribution in [0.1, 0.15) is 52.7 Å². The maximum Gasteiger partial charge on any atom is 0.417 e. The van der Waals surface area contributed by atoms with Gasteiger partial charge in [0.15, 0.2) is 0 Å². The summed E-state index contributed by atoms with van der Waals surface area (Å²) in [5.74, 6) is -3.65. The molecule has 0 radical (unpaired) electrons. The van der Waals surface area contributed by atoms with E-state index in [4.69, 9.17) is 34.8 Å². The van der Waals surface area contributed by atoms with Gasteiger partial charge in [-0.1, -0.05) is 59.9 Å². The van der Waals surface area contributed by atoms with Crippen LogP contribution in [0.15, 0.2) is 36.4 Å². The van der Waals surface area contributed by atoms with Crippen molar-refractivity contribution in [3.63, 3.8) is 0 Å². The molecule has 2 rings (SSSR count). The lowest BCUT2D eigenvalue weighted by atomic mass is 9.96. The number of hydrogen-bond donors (Lipinski definition) is 1. The second-order valence-corrected chi connectivity index (χ2v) is 10.8. The van der Waals surface area contributed by atoms with E-state index in [1.54, 1.807) is 6.92 Å². The van der Waals surface area contributed by atoms with Gasteiger partial charge in [0.05, 0.1) is 38.5 Å². The molecular weight excluding hydrogens is 640 g/mol. The van der Waals surface area contributed by atoms with Gasteiger partial charge >= 0.3 is 18.5 Å². The molecule has 40 heavy (non-hydrogen) atoms. The van der Waals surface area contributed by atoms with E-state index in [9.17, 15) is 44.3 Å². The summed E-state index contributed by atoms with van der Waals surface area (Å²) in [6.45, 7) is 1.60. The Hall–Kier alpha value is -1.76. The summed E-state index contributed by atoms with van der Waals surface area (Å²) < 4.78 is 120. The lowest BCUT2D eigenvalue weighted by Gasteiger charge is -2.20. The Morgan fingerprint density at radius 2 is 1.57 bits per heavy atom. The van der Waals surface area contributed by atoms with Crippen molar-refractivity contribution in [1.82, 2.24) is 5.32 Å². The molecule has 2 nitrogen and oxygen atoms in total. The predicted molar refractivity (Wildman–Crippen MR) is 140 cm³/mol. The van der Waals surface area contributed by atoms with Gasteiger partial charge in [-0.2, -0.15) is 51.3 Å². The summed E-state index contributed by atoms with van der Waals surface area (Å²) in [4.78, 5) is 12.7. The number of nitrogens with one attached hydrogen (secondary N) is 1. The molecule has 0 saturated heterocycles. The Kier molecular flexibility index (Phi) is 12.0. The smallest absolute Gasteiger partial charge is 0.348 e. The molecule has 0 fully saturated rings. The fourth-order valence-electron chi connectivity index (χ4n) is 3.41. The third-order valence-electron chi connectivity index (χ3n) is 5.47. The van der Waals surface area contributed by atoms with Crippen LogP contribution in [-0.4, -0.2) is 35.8 Å². The van der Waals surface area contributed by atoms with Gasteiger partial charge in [0, 0.05) is 17.5 Å². The van der Waals surface area contributed by atoms with Crippen molar-refractivity contribution in [2.24, 2.45) is 0 Å². The van der Waals surface area contributed by atoms with Crippen LogP contribution in [0.3, 0.4) is 0 Å². The summed E-state index contributed by atoms with van der Waals surface area (Å²) in [6.07, 6.45) is -13.6. The molecule has 222 valence electrons. The number of rotatable bonds is 10. The van der Waals surface area contributed by atoms with Crippen LogP contribution in [0.4, 0.5) is 39.5 Å². The fourth-order valence-corrected chi connectivity index (χ4v) is 5.17. The van der Waals surface area contributed by atoms with Crippen molar-refractivity contribution in [3.05, 3.63) is 73.7 Å². The molecule has 0 aromatic heterocycles. The van der Waals surface area contributed by atoms with Crippen molar-refractivity contribution in [3.8, 4) is 0 Å². The second-order valence-electron chi connectivity index (χ2n) is 8.50. The molecular formula is C25H21Cl3F9NOS. The maximum absolute atomic E-state index is 13.8. The van der Waals surface area contributed by atoms with Crippen LogP contribution in [0.5, 0.6) is 0 Å². The Morgan fingerprint density at radius 3 is 2.08 bits per heavy atom. The predicted octanol–water partition coefficient (Wildman–Crippen LogP) is 10.2. The number of halogens is 12. The topological polar surface area (TPSA) is 29.1 Å². The zero-order chi connectivity index (χ0) is 30.5. The van der Waals surface area contributed by atoms with E-state index in [1.165, 1.54) is 0 Å². The first-order valence-electron chi connectivity index (χ1n) is 11.4. The third kappa shape index (κ3) is 10.3. The SMILES string of the molecule is CCC(CSCCC(F)(F)F)NC(=O)c1ccc(/C=C/C(c2cc(Cl)c(Cl)c(Cl)c2)C(F)(F)F)cc1C(F)(F)F. The van der Waals surface area contributed by atoms with E-state index in [0.29, 0.717) is 12.1 Å². The maximum atomic E-state index is 13.8. The summed E-state index contributed by atoms with van der Waals surface area (Å²) in [5, 5.41) is 1.73. The number of amides is 1. The zero-order valence-electron chi connectivity index (χ0n) is 20.4. The normalized spacial score (nSPS) is 14.4. The number of thioether (sulfide) groups is 1.